The van der Waals surface area contributed by atoms with Crippen molar-refractivity contribution in [3.05, 3.63) is 0 Å². The van der Waals surface area contributed by atoms with Gasteiger partial charge in [0, 0.05) is 12.1 Å². The molecule has 0 aromatic heterocycles. The highest BCUT2D eigenvalue weighted by molar-refractivity contribution is 5.76. The third-order valence-corrected chi connectivity index (χ3v) is 4.79. The maximum absolute atomic E-state index is 12.0. The molecule has 0 aromatic carbocycles. The van der Waals surface area contributed by atoms with Crippen LogP contribution in [0.3, 0.4) is 0 Å². The number of aliphatic hydroxyl groups is 1. The Morgan fingerprint density at radius 1 is 1.45 bits per heavy atom. The second-order valence-electron chi connectivity index (χ2n) is 7.11. The first-order valence-corrected chi connectivity index (χ1v) is 7.89. The lowest BCUT2D eigenvalue weighted by atomic mass is 9.75. The number of hydrogen-bond donors (Lipinski definition) is 2. The van der Waals surface area contributed by atoms with Crippen LogP contribution in [0.1, 0.15) is 52.9 Å². The lowest BCUT2D eigenvalue weighted by Crippen LogP contribution is -2.55. The van der Waals surface area contributed by atoms with Crippen molar-refractivity contribution in [2.24, 2.45) is 11.8 Å². The molecule has 1 saturated carbocycles. The summed E-state index contributed by atoms with van der Waals surface area (Å²) < 4.78 is 0. The molecule has 0 bridgehead atoms. The van der Waals surface area contributed by atoms with E-state index in [1.807, 2.05) is 13.8 Å². The number of likely N-dealkylation sites (N-methyl/N-ethyl adjacent to an activating group) is 1. The average molecular weight is 284 g/mol. The van der Waals surface area contributed by atoms with E-state index < -0.39 is 6.10 Å². The Morgan fingerprint density at radius 3 is 2.60 bits per heavy atom. The van der Waals surface area contributed by atoms with Gasteiger partial charge in [-0.2, -0.15) is 0 Å². The minimum atomic E-state index is -0.546. The molecule has 4 nitrogen and oxygen atoms in total. The first-order chi connectivity index (χ1) is 9.27. The summed E-state index contributed by atoms with van der Waals surface area (Å²) in [6.07, 6.45) is 4.44. The van der Waals surface area contributed by atoms with Gasteiger partial charge in [-0.3, -0.25) is 4.79 Å². The van der Waals surface area contributed by atoms with Crippen LogP contribution in [0.2, 0.25) is 0 Å². The Bertz CT molecular complexity index is 318. The van der Waals surface area contributed by atoms with E-state index >= 15 is 0 Å². The fourth-order valence-electron chi connectivity index (χ4n) is 3.12. The maximum atomic E-state index is 12.0. The molecule has 1 fully saturated rings. The van der Waals surface area contributed by atoms with Crippen molar-refractivity contribution >= 4 is 5.91 Å². The maximum Gasteiger partial charge on any atom is 0.222 e. The first-order valence-electron chi connectivity index (χ1n) is 7.89. The molecule has 118 valence electrons. The van der Waals surface area contributed by atoms with Gasteiger partial charge < -0.3 is 15.3 Å². The molecule has 0 saturated heterocycles. The second-order valence-corrected chi connectivity index (χ2v) is 7.11. The molecule has 20 heavy (non-hydrogen) atoms. The summed E-state index contributed by atoms with van der Waals surface area (Å²) in [6, 6.07) is 0. The number of hydrogen-bond acceptors (Lipinski definition) is 3. The number of rotatable bonds is 6. The van der Waals surface area contributed by atoms with Gasteiger partial charge in [0.2, 0.25) is 5.91 Å². The van der Waals surface area contributed by atoms with Gasteiger partial charge in [0.25, 0.3) is 0 Å². The van der Waals surface area contributed by atoms with Crippen LogP contribution >= 0.6 is 0 Å². The molecular weight excluding hydrogens is 252 g/mol. The van der Waals surface area contributed by atoms with Crippen LogP contribution in [-0.2, 0) is 4.79 Å². The third kappa shape index (κ3) is 4.74. The van der Waals surface area contributed by atoms with Crippen LogP contribution in [0.25, 0.3) is 0 Å². The summed E-state index contributed by atoms with van der Waals surface area (Å²) in [7, 11) is 4.21. The Balaban J connectivity index is 2.53. The minimum absolute atomic E-state index is 0.0364. The fraction of sp³-hybridized carbons (Fsp3) is 0.938. The molecule has 1 aliphatic carbocycles. The molecule has 0 heterocycles. The van der Waals surface area contributed by atoms with E-state index in [1.54, 1.807) is 0 Å². The molecule has 1 amide bonds. The number of aliphatic hydroxyl groups excluding tert-OH is 1. The minimum Gasteiger partial charge on any atom is -0.392 e. The van der Waals surface area contributed by atoms with E-state index in [1.165, 1.54) is 12.8 Å². The SMILES string of the molecule is CC1CCCC(CNC(=O)CC(O)C(C)C)(N(C)C)C1. The van der Waals surface area contributed by atoms with Crippen LogP contribution in [0, 0.1) is 11.8 Å². The summed E-state index contributed by atoms with van der Waals surface area (Å²) >= 11 is 0. The van der Waals surface area contributed by atoms with Gasteiger partial charge in [-0.05, 0) is 38.8 Å². The van der Waals surface area contributed by atoms with Crippen LogP contribution in [0.5, 0.6) is 0 Å². The number of nitrogens with one attached hydrogen (secondary N) is 1. The Kier molecular flexibility index (Phi) is 6.46. The largest absolute Gasteiger partial charge is 0.392 e. The molecule has 4 heteroatoms. The van der Waals surface area contributed by atoms with Crippen LogP contribution < -0.4 is 5.32 Å². The van der Waals surface area contributed by atoms with E-state index in [0.717, 1.165) is 12.8 Å². The van der Waals surface area contributed by atoms with E-state index in [2.05, 4.69) is 31.2 Å². The van der Waals surface area contributed by atoms with Crippen molar-refractivity contribution in [2.75, 3.05) is 20.6 Å². The molecule has 1 rings (SSSR count). The van der Waals surface area contributed by atoms with Gasteiger partial charge in [0.15, 0.2) is 0 Å². The third-order valence-electron chi connectivity index (χ3n) is 4.79. The number of carbonyl (C=O) groups is 1. The Labute approximate surface area is 123 Å². The van der Waals surface area contributed by atoms with Crippen molar-refractivity contribution in [3.63, 3.8) is 0 Å². The van der Waals surface area contributed by atoms with Crippen LogP contribution in [0.15, 0.2) is 0 Å². The van der Waals surface area contributed by atoms with Crippen molar-refractivity contribution in [1.82, 2.24) is 10.2 Å². The Morgan fingerprint density at radius 2 is 2.10 bits per heavy atom. The zero-order valence-corrected chi connectivity index (χ0v) is 13.8. The fourth-order valence-corrected chi connectivity index (χ4v) is 3.12. The summed E-state index contributed by atoms with van der Waals surface area (Å²) in [5.41, 5.74) is 0.0795. The van der Waals surface area contributed by atoms with Gasteiger partial charge >= 0.3 is 0 Å². The highest BCUT2D eigenvalue weighted by Crippen LogP contribution is 2.35. The first kappa shape index (κ1) is 17.4. The van der Waals surface area contributed by atoms with E-state index in [0.29, 0.717) is 12.5 Å². The summed E-state index contributed by atoms with van der Waals surface area (Å²) in [5.74, 6) is 0.799. The monoisotopic (exact) mass is 284 g/mol. The zero-order chi connectivity index (χ0) is 15.3. The van der Waals surface area contributed by atoms with Gasteiger partial charge in [0.05, 0.1) is 12.5 Å². The molecule has 0 spiro atoms. The average Bonchev–Trinajstić information content (AvgIpc) is 2.36. The molecule has 0 aromatic rings. The molecular formula is C16H32N2O2. The second kappa shape index (κ2) is 7.41. The molecule has 0 radical (unpaired) electrons. The molecule has 2 N–H and O–H groups in total. The lowest BCUT2D eigenvalue weighted by Gasteiger charge is -2.45. The highest BCUT2D eigenvalue weighted by atomic mass is 16.3. The van der Waals surface area contributed by atoms with E-state index in [-0.39, 0.29) is 23.8 Å². The Hall–Kier alpha value is -0.610. The molecule has 1 aliphatic rings. The van der Waals surface area contributed by atoms with Gasteiger partial charge in [-0.15, -0.1) is 0 Å². The molecule has 3 unspecified atom stereocenters. The normalized spacial score (nSPS) is 28.7. The lowest BCUT2D eigenvalue weighted by molar-refractivity contribution is -0.124. The highest BCUT2D eigenvalue weighted by Gasteiger charge is 2.37. The van der Waals surface area contributed by atoms with E-state index in [9.17, 15) is 9.90 Å². The van der Waals surface area contributed by atoms with Crippen molar-refractivity contribution < 1.29 is 9.90 Å². The van der Waals surface area contributed by atoms with Crippen molar-refractivity contribution in [2.45, 2.75) is 64.5 Å². The van der Waals surface area contributed by atoms with Crippen molar-refractivity contribution in [3.8, 4) is 0 Å². The predicted molar refractivity (Wildman–Crippen MR) is 82.5 cm³/mol. The van der Waals surface area contributed by atoms with E-state index in [4.69, 9.17) is 0 Å². The number of amides is 1. The smallest absolute Gasteiger partial charge is 0.222 e. The number of carbonyl (C=O) groups excluding carboxylic acids is 1. The standard InChI is InChI=1S/C16H32N2O2/c1-12(2)14(19)9-15(20)17-11-16(18(4)5)8-6-7-13(3)10-16/h12-14,19H,6-11H2,1-5H3,(H,17,20). The topological polar surface area (TPSA) is 52.6 Å². The van der Waals surface area contributed by atoms with Gasteiger partial charge in [0.1, 0.15) is 0 Å². The number of nitrogens with zero attached hydrogens (tertiary/aromatic N) is 1. The van der Waals surface area contributed by atoms with Crippen molar-refractivity contribution in [1.29, 1.82) is 0 Å². The predicted octanol–water partition coefficient (Wildman–Crippen LogP) is 2.02. The zero-order valence-electron chi connectivity index (χ0n) is 13.8. The molecule has 3 atom stereocenters. The van der Waals surface area contributed by atoms with Crippen LogP contribution in [-0.4, -0.2) is 48.2 Å². The summed E-state index contributed by atoms with van der Waals surface area (Å²) in [4.78, 5) is 14.2. The van der Waals surface area contributed by atoms with Gasteiger partial charge in [-0.1, -0.05) is 33.6 Å². The van der Waals surface area contributed by atoms with Crippen LogP contribution in [0.4, 0.5) is 0 Å². The van der Waals surface area contributed by atoms with Gasteiger partial charge in [-0.25, -0.2) is 0 Å². The summed E-state index contributed by atoms with van der Waals surface area (Å²) in [6.45, 7) is 6.85. The summed E-state index contributed by atoms with van der Waals surface area (Å²) in [5, 5.41) is 12.8. The molecule has 0 aliphatic heterocycles. The quantitative estimate of drug-likeness (QED) is 0.784.